The molecular weight excluding hydrogens is 259 g/mol. The largest absolute Gasteiger partial charge is 0.493 e. The summed E-state index contributed by atoms with van der Waals surface area (Å²) in [4.78, 5) is 2.31. The first-order valence-electron chi connectivity index (χ1n) is 7.03. The van der Waals surface area contributed by atoms with Gasteiger partial charge in [0.05, 0.1) is 20.9 Å². The van der Waals surface area contributed by atoms with E-state index in [9.17, 15) is 4.39 Å². The fourth-order valence-corrected chi connectivity index (χ4v) is 2.81. The topological polar surface area (TPSA) is 33.7 Å². The summed E-state index contributed by atoms with van der Waals surface area (Å²) in [6.07, 6.45) is 0.476. The molecule has 1 fully saturated rings. The van der Waals surface area contributed by atoms with Crippen molar-refractivity contribution in [1.82, 2.24) is 10.2 Å². The summed E-state index contributed by atoms with van der Waals surface area (Å²) in [7, 11) is 3.25. The molecule has 1 N–H and O–H groups in total. The number of benzene rings is 1. The van der Waals surface area contributed by atoms with Crippen LogP contribution in [0.15, 0.2) is 18.2 Å². The van der Waals surface area contributed by atoms with E-state index in [4.69, 9.17) is 9.47 Å². The van der Waals surface area contributed by atoms with Gasteiger partial charge in [-0.3, -0.25) is 9.29 Å². The summed E-state index contributed by atoms with van der Waals surface area (Å²) < 4.78 is 23.8. The average molecular weight is 282 g/mol. The quantitative estimate of drug-likeness (QED) is 0.865. The molecule has 1 aliphatic heterocycles. The van der Waals surface area contributed by atoms with E-state index in [1.54, 1.807) is 14.2 Å². The average Bonchev–Trinajstić information content (AvgIpc) is 2.52. The second-order valence-corrected chi connectivity index (χ2v) is 4.86. The predicted molar refractivity (Wildman–Crippen MR) is 77.3 cm³/mol. The molecule has 0 bridgehead atoms. The number of rotatable bonds is 6. The van der Waals surface area contributed by atoms with Crippen molar-refractivity contribution >= 4 is 0 Å². The van der Waals surface area contributed by atoms with Crippen molar-refractivity contribution in [2.75, 3.05) is 47.1 Å². The Kier molecular flexibility index (Phi) is 5.61. The minimum Gasteiger partial charge on any atom is -0.493 e. The minimum atomic E-state index is -0.338. The number of halogens is 1. The van der Waals surface area contributed by atoms with Crippen molar-refractivity contribution < 1.29 is 13.9 Å². The molecule has 0 aliphatic carbocycles. The normalized spacial score (nSPS) is 17.8. The highest BCUT2D eigenvalue weighted by molar-refractivity contribution is 5.48. The molecule has 1 heterocycles. The molecule has 1 aromatic rings. The second kappa shape index (κ2) is 7.45. The number of methoxy groups -OCH3 is 2. The number of nitrogens with one attached hydrogen (secondary N) is 1. The van der Waals surface area contributed by atoms with Crippen LogP contribution in [0.3, 0.4) is 0 Å². The Bertz CT molecular complexity index is 422. The summed E-state index contributed by atoms with van der Waals surface area (Å²) in [6.45, 7) is 3.38. The number of alkyl halides is 1. The Morgan fingerprint density at radius 1 is 1.25 bits per heavy atom. The van der Waals surface area contributed by atoms with Gasteiger partial charge in [0.1, 0.15) is 0 Å². The van der Waals surface area contributed by atoms with Gasteiger partial charge in [-0.05, 0) is 12.5 Å². The molecule has 112 valence electrons. The van der Waals surface area contributed by atoms with Gasteiger partial charge in [-0.2, -0.15) is 0 Å². The molecule has 0 saturated carbocycles. The Labute approximate surface area is 119 Å². The Morgan fingerprint density at radius 2 is 2.00 bits per heavy atom. The molecule has 2 rings (SSSR count). The lowest BCUT2D eigenvalue weighted by molar-refractivity contribution is 0.154. The molecular formula is C15H23FN2O2. The van der Waals surface area contributed by atoms with Crippen LogP contribution in [0, 0.1) is 0 Å². The van der Waals surface area contributed by atoms with Crippen LogP contribution in [-0.4, -0.2) is 52.0 Å². The fraction of sp³-hybridized carbons (Fsp3) is 0.600. The fourth-order valence-electron chi connectivity index (χ4n) is 2.81. The van der Waals surface area contributed by atoms with Crippen LogP contribution in [0.25, 0.3) is 0 Å². The van der Waals surface area contributed by atoms with Crippen LogP contribution in [0.4, 0.5) is 4.39 Å². The van der Waals surface area contributed by atoms with Crippen LogP contribution in [0.5, 0.6) is 11.5 Å². The first-order valence-corrected chi connectivity index (χ1v) is 7.03. The third-order valence-electron chi connectivity index (χ3n) is 3.77. The summed E-state index contributed by atoms with van der Waals surface area (Å²) in [5.74, 6) is 1.41. The summed E-state index contributed by atoms with van der Waals surface area (Å²) in [5, 5.41) is 3.32. The van der Waals surface area contributed by atoms with E-state index in [0.717, 1.165) is 31.7 Å². The van der Waals surface area contributed by atoms with E-state index in [1.807, 2.05) is 18.2 Å². The van der Waals surface area contributed by atoms with E-state index in [0.29, 0.717) is 17.9 Å². The van der Waals surface area contributed by atoms with Crippen molar-refractivity contribution in [1.29, 1.82) is 0 Å². The predicted octanol–water partition coefficient (Wildman–Crippen LogP) is 2.01. The minimum absolute atomic E-state index is 0.0344. The Morgan fingerprint density at radius 3 is 2.60 bits per heavy atom. The number of para-hydroxylation sites is 1. The zero-order chi connectivity index (χ0) is 14.4. The second-order valence-electron chi connectivity index (χ2n) is 4.86. The van der Waals surface area contributed by atoms with Crippen LogP contribution in [-0.2, 0) is 0 Å². The summed E-state index contributed by atoms with van der Waals surface area (Å²) >= 11 is 0. The standard InChI is InChI=1S/C15H23FN2O2/c1-19-14-5-3-4-12(15(14)20-2)13(6-7-16)18-10-8-17-9-11-18/h3-5,13,17H,6-11H2,1-2H3/t13-/m1/s1. The van der Waals surface area contributed by atoms with Crippen molar-refractivity contribution in [3.63, 3.8) is 0 Å². The van der Waals surface area contributed by atoms with E-state index >= 15 is 0 Å². The van der Waals surface area contributed by atoms with E-state index < -0.39 is 0 Å². The maximum Gasteiger partial charge on any atom is 0.165 e. The smallest absolute Gasteiger partial charge is 0.165 e. The summed E-state index contributed by atoms with van der Waals surface area (Å²) in [6, 6.07) is 5.84. The summed E-state index contributed by atoms with van der Waals surface area (Å²) in [5.41, 5.74) is 1.01. The number of nitrogens with zero attached hydrogens (tertiary/aromatic N) is 1. The highest BCUT2D eigenvalue weighted by Crippen LogP contribution is 2.38. The van der Waals surface area contributed by atoms with Gasteiger partial charge in [0.15, 0.2) is 11.5 Å². The molecule has 5 heteroatoms. The third-order valence-corrected chi connectivity index (χ3v) is 3.77. The van der Waals surface area contributed by atoms with E-state index in [-0.39, 0.29) is 12.7 Å². The molecule has 20 heavy (non-hydrogen) atoms. The molecule has 1 aromatic carbocycles. The number of hydrogen-bond donors (Lipinski definition) is 1. The highest BCUT2D eigenvalue weighted by atomic mass is 19.1. The molecule has 0 amide bonds. The van der Waals surface area contributed by atoms with Gasteiger partial charge in [0.25, 0.3) is 0 Å². The molecule has 4 nitrogen and oxygen atoms in total. The van der Waals surface area contributed by atoms with Gasteiger partial charge in [0, 0.05) is 37.8 Å². The number of ether oxygens (including phenoxy) is 2. The zero-order valence-corrected chi connectivity index (χ0v) is 12.2. The SMILES string of the molecule is COc1cccc([C@@H](CCF)N2CCNCC2)c1OC. The number of piperazine rings is 1. The van der Waals surface area contributed by atoms with Crippen molar-refractivity contribution in [2.24, 2.45) is 0 Å². The van der Waals surface area contributed by atoms with Gasteiger partial charge in [0.2, 0.25) is 0 Å². The van der Waals surface area contributed by atoms with Gasteiger partial charge in [-0.15, -0.1) is 0 Å². The molecule has 0 radical (unpaired) electrons. The molecule has 0 aromatic heterocycles. The molecule has 1 aliphatic rings. The monoisotopic (exact) mass is 282 g/mol. The highest BCUT2D eigenvalue weighted by Gasteiger charge is 2.26. The van der Waals surface area contributed by atoms with Gasteiger partial charge >= 0.3 is 0 Å². The Hall–Kier alpha value is -1.33. The van der Waals surface area contributed by atoms with Crippen molar-refractivity contribution in [2.45, 2.75) is 12.5 Å². The van der Waals surface area contributed by atoms with Crippen LogP contribution in [0.1, 0.15) is 18.0 Å². The maximum absolute atomic E-state index is 13.0. The lowest BCUT2D eigenvalue weighted by Gasteiger charge is -2.35. The first kappa shape index (κ1) is 15.1. The zero-order valence-electron chi connectivity index (χ0n) is 12.2. The van der Waals surface area contributed by atoms with Crippen LogP contribution >= 0.6 is 0 Å². The lowest BCUT2D eigenvalue weighted by atomic mass is 10.00. The molecule has 1 atom stereocenters. The third kappa shape index (κ3) is 3.22. The van der Waals surface area contributed by atoms with Gasteiger partial charge in [-0.1, -0.05) is 12.1 Å². The van der Waals surface area contributed by atoms with Crippen LogP contribution in [0.2, 0.25) is 0 Å². The van der Waals surface area contributed by atoms with Crippen molar-refractivity contribution in [3.05, 3.63) is 23.8 Å². The maximum atomic E-state index is 13.0. The Balaban J connectivity index is 2.32. The van der Waals surface area contributed by atoms with Gasteiger partial charge < -0.3 is 14.8 Å². The van der Waals surface area contributed by atoms with Gasteiger partial charge in [-0.25, -0.2) is 0 Å². The van der Waals surface area contributed by atoms with Crippen LogP contribution < -0.4 is 14.8 Å². The number of hydrogen-bond acceptors (Lipinski definition) is 4. The van der Waals surface area contributed by atoms with E-state index in [2.05, 4.69) is 10.2 Å². The van der Waals surface area contributed by atoms with E-state index in [1.165, 1.54) is 0 Å². The molecule has 0 spiro atoms. The first-order chi connectivity index (χ1) is 9.81. The molecule has 0 unspecified atom stereocenters. The lowest BCUT2D eigenvalue weighted by Crippen LogP contribution is -2.45. The van der Waals surface area contributed by atoms with Crippen molar-refractivity contribution in [3.8, 4) is 11.5 Å². The molecule has 1 saturated heterocycles.